The number of anilines is 1. The van der Waals surface area contributed by atoms with E-state index in [0.29, 0.717) is 16.7 Å². The first-order chi connectivity index (χ1) is 12.5. The highest BCUT2D eigenvalue weighted by Gasteiger charge is 2.35. The Morgan fingerprint density at radius 3 is 2.92 bits per heavy atom. The maximum atomic E-state index is 12.8. The van der Waals surface area contributed by atoms with Crippen LogP contribution in [0.1, 0.15) is 45.7 Å². The molecule has 7 nitrogen and oxygen atoms in total. The van der Waals surface area contributed by atoms with E-state index in [1.54, 1.807) is 28.8 Å². The molecule has 26 heavy (non-hydrogen) atoms. The number of nitrogens with one attached hydrogen (secondary N) is 1. The third kappa shape index (κ3) is 3.75. The maximum absolute atomic E-state index is 12.8. The minimum absolute atomic E-state index is 0.204. The van der Waals surface area contributed by atoms with Crippen molar-refractivity contribution in [3.05, 3.63) is 41.4 Å². The molecule has 1 aliphatic rings. The number of thioether (sulfide) groups is 1. The number of carbonyl (C=O) groups is 1. The van der Waals surface area contributed by atoms with E-state index in [-0.39, 0.29) is 12.1 Å². The topological polar surface area (TPSA) is 81.9 Å². The lowest BCUT2D eigenvalue weighted by atomic mass is 9.97. The van der Waals surface area contributed by atoms with Gasteiger partial charge in [-0.05, 0) is 38.8 Å². The quantitative estimate of drug-likeness (QED) is 0.614. The Labute approximate surface area is 157 Å². The van der Waals surface area contributed by atoms with Crippen LogP contribution in [0, 0.1) is 0 Å². The monoisotopic (exact) mass is 373 g/mol. The Balaban J connectivity index is 2.06. The number of hydrogen-bond donors (Lipinski definition) is 1. The average Bonchev–Trinajstić information content (AvgIpc) is 3.01. The van der Waals surface area contributed by atoms with Gasteiger partial charge in [0.25, 0.3) is 0 Å². The first kappa shape index (κ1) is 18.4. The zero-order valence-electron chi connectivity index (χ0n) is 15.4. The van der Waals surface area contributed by atoms with Crippen molar-refractivity contribution in [3.63, 3.8) is 0 Å². The summed E-state index contributed by atoms with van der Waals surface area (Å²) >= 11 is 1.60. The first-order valence-corrected chi connectivity index (χ1v) is 9.67. The summed E-state index contributed by atoms with van der Waals surface area (Å²) in [6.45, 7) is 7.65. The van der Waals surface area contributed by atoms with Crippen molar-refractivity contribution < 1.29 is 9.53 Å². The number of pyridine rings is 1. The van der Waals surface area contributed by atoms with Crippen molar-refractivity contribution in [1.29, 1.82) is 0 Å². The summed E-state index contributed by atoms with van der Waals surface area (Å²) in [7, 11) is 0. The van der Waals surface area contributed by atoms with Crippen LogP contribution >= 0.6 is 11.8 Å². The smallest absolute Gasteiger partial charge is 0.338 e. The molecule has 0 amide bonds. The minimum Gasteiger partial charge on any atom is -0.459 e. The van der Waals surface area contributed by atoms with E-state index in [0.717, 1.165) is 23.4 Å². The number of carbonyl (C=O) groups excluding carboxylic acids is 1. The molecule has 0 fully saturated rings. The second kappa shape index (κ2) is 7.90. The lowest BCUT2D eigenvalue weighted by Gasteiger charge is -2.28. The maximum Gasteiger partial charge on any atom is 0.338 e. The van der Waals surface area contributed by atoms with E-state index in [9.17, 15) is 4.79 Å². The van der Waals surface area contributed by atoms with E-state index in [1.807, 2.05) is 32.9 Å². The predicted molar refractivity (Wildman–Crippen MR) is 101 cm³/mol. The van der Waals surface area contributed by atoms with Crippen LogP contribution in [0.25, 0.3) is 0 Å². The number of aromatic nitrogens is 4. The van der Waals surface area contributed by atoms with E-state index in [2.05, 4.69) is 27.3 Å². The highest BCUT2D eigenvalue weighted by Crippen LogP contribution is 2.36. The van der Waals surface area contributed by atoms with Crippen LogP contribution in [0.3, 0.4) is 0 Å². The summed E-state index contributed by atoms with van der Waals surface area (Å²) in [6, 6.07) is 3.36. The number of ether oxygens (including phenoxy) is 1. The largest absolute Gasteiger partial charge is 0.459 e. The summed E-state index contributed by atoms with van der Waals surface area (Å²) in [4.78, 5) is 21.6. The van der Waals surface area contributed by atoms with Crippen LogP contribution in [0.2, 0.25) is 0 Å². The molecule has 3 rings (SSSR count). The van der Waals surface area contributed by atoms with Gasteiger partial charge in [-0.1, -0.05) is 24.8 Å². The summed E-state index contributed by atoms with van der Waals surface area (Å²) < 4.78 is 7.22. The van der Waals surface area contributed by atoms with Crippen LogP contribution in [0.5, 0.6) is 0 Å². The molecule has 1 unspecified atom stereocenters. The van der Waals surface area contributed by atoms with Crippen LogP contribution in [-0.4, -0.2) is 37.6 Å². The highest BCUT2D eigenvalue weighted by molar-refractivity contribution is 7.99. The number of esters is 1. The number of rotatable bonds is 6. The Kier molecular flexibility index (Phi) is 5.61. The summed E-state index contributed by atoms with van der Waals surface area (Å²) in [5.41, 5.74) is 2.11. The fourth-order valence-electron chi connectivity index (χ4n) is 2.77. The van der Waals surface area contributed by atoms with Gasteiger partial charge >= 0.3 is 5.97 Å². The van der Waals surface area contributed by atoms with Crippen molar-refractivity contribution >= 4 is 23.7 Å². The molecule has 138 valence electrons. The Morgan fingerprint density at radius 1 is 1.46 bits per heavy atom. The molecule has 3 heterocycles. The zero-order chi connectivity index (χ0) is 18.7. The molecule has 1 atom stereocenters. The van der Waals surface area contributed by atoms with E-state index in [4.69, 9.17) is 4.74 Å². The Morgan fingerprint density at radius 2 is 2.27 bits per heavy atom. The highest BCUT2D eigenvalue weighted by atomic mass is 32.2. The standard InChI is InChI=1S/C18H23N5O2S/c1-5-9-26-18-21-17-20-12(4)14(16(24)25-11(2)3)15(23(17)22-18)13-7-6-8-19-10-13/h6-8,10-11,15H,5,9H2,1-4H3,(H,20,21,22). The fraction of sp³-hybridized carbons (Fsp3) is 0.444. The molecule has 0 aromatic carbocycles. The summed E-state index contributed by atoms with van der Waals surface area (Å²) in [6.07, 6.45) is 4.29. The van der Waals surface area contributed by atoms with Gasteiger partial charge in [0.2, 0.25) is 11.1 Å². The van der Waals surface area contributed by atoms with Crippen LogP contribution < -0.4 is 5.32 Å². The number of allylic oxidation sites excluding steroid dienone is 1. The van der Waals surface area contributed by atoms with Crippen molar-refractivity contribution in [2.24, 2.45) is 0 Å². The molecule has 0 saturated heterocycles. The minimum atomic E-state index is -0.422. The van der Waals surface area contributed by atoms with Gasteiger partial charge in [-0.2, -0.15) is 4.98 Å². The van der Waals surface area contributed by atoms with Gasteiger partial charge in [-0.3, -0.25) is 4.98 Å². The average molecular weight is 373 g/mol. The Hall–Kier alpha value is -2.35. The molecule has 8 heteroatoms. The summed E-state index contributed by atoms with van der Waals surface area (Å²) in [5.74, 6) is 1.20. The first-order valence-electron chi connectivity index (χ1n) is 8.69. The third-order valence-corrected chi connectivity index (χ3v) is 4.87. The van der Waals surface area contributed by atoms with E-state index < -0.39 is 6.04 Å². The van der Waals surface area contributed by atoms with Crippen molar-refractivity contribution in [2.75, 3.05) is 11.1 Å². The molecule has 1 N–H and O–H groups in total. The molecule has 1 aliphatic heterocycles. The van der Waals surface area contributed by atoms with Crippen molar-refractivity contribution in [2.45, 2.75) is 51.4 Å². The van der Waals surface area contributed by atoms with Gasteiger partial charge in [-0.15, -0.1) is 5.10 Å². The SMILES string of the molecule is CCCSc1nc2n(n1)C(c1cccnc1)C(C(=O)OC(C)C)=C(C)N2. The molecule has 2 aromatic heterocycles. The normalized spacial score (nSPS) is 16.4. The van der Waals surface area contributed by atoms with Crippen LogP contribution in [-0.2, 0) is 9.53 Å². The van der Waals surface area contributed by atoms with Crippen LogP contribution in [0.4, 0.5) is 5.95 Å². The van der Waals surface area contributed by atoms with Gasteiger partial charge in [0.05, 0.1) is 11.7 Å². The second-order valence-corrected chi connectivity index (χ2v) is 7.38. The van der Waals surface area contributed by atoms with Gasteiger partial charge in [0, 0.05) is 23.8 Å². The third-order valence-electron chi connectivity index (χ3n) is 3.83. The van der Waals surface area contributed by atoms with Gasteiger partial charge in [0.15, 0.2) is 0 Å². The second-order valence-electron chi connectivity index (χ2n) is 6.32. The summed E-state index contributed by atoms with van der Waals surface area (Å²) in [5, 5.41) is 8.51. The Bertz CT molecular complexity index is 816. The molecule has 0 bridgehead atoms. The molecular weight excluding hydrogens is 350 g/mol. The predicted octanol–water partition coefficient (Wildman–Crippen LogP) is 3.42. The fourth-order valence-corrected chi connectivity index (χ4v) is 3.46. The van der Waals surface area contributed by atoms with Gasteiger partial charge < -0.3 is 10.1 Å². The zero-order valence-corrected chi connectivity index (χ0v) is 16.2. The number of fused-ring (bicyclic) bond motifs is 1. The lowest BCUT2D eigenvalue weighted by molar-refractivity contribution is -0.143. The number of nitrogens with zero attached hydrogens (tertiary/aromatic N) is 4. The van der Waals surface area contributed by atoms with Gasteiger partial charge in [-0.25, -0.2) is 9.48 Å². The molecular formula is C18H23N5O2S. The molecule has 0 aliphatic carbocycles. The molecule has 0 saturated carbocycles. The van der Waals surface area contributed by atoms with Gasteiger partial charge in [0.1, 0.15) is 6.04 Å². The van der Waals surface area contributed by atoms with Crippen molar-refractivity contribution in [1.82, 2.24) is 19.7 Å². The lowest BCUT2D eigenvalue weighted by Crippen LogP contribution is -2.30. The van der Waals surface area contributed by atoms with E-state index >= 15 is 0 Å². The van der Waals surface area contributed by atoms with Crippen molar-refractivity contribution in [3.8, 4) is 0 Å². The molecule has 2 aromatic rings. The number of hydrogen-bond acceptors (Lipinski definition) is 7. The molecule has 0 radical (unpaired) electrons. The van der Waals surface area contributed by atoms with Crippen LogP contribution in [0.15, 0.2) is 41.0 Å². The van der Waals surface area contributed by atoms with E-state index in [1.165, 1.54) is 0 Å². The molecule has 0 spiro atoms.